The van der Waals surface area contributed by atoms with Crippen LogP contribution < -0.4 is 5.73 Å². The smallest absolute Gasteiger partial charge is 0.0589 e. The number of methoxy groups -OCH3 is 1. The van der Waals surface area contributed by atoms with Crippen molar-refractivity contribution in [3.63, 3.8) is 0 Å². The Bertz CT molecular complexity index is 290. The molecule has 1 saturated carbocycles. The molecule has 0 radical (unpaired) electrons. The second-order valence-electron chi connectivity index (χ2n) is 6.76. The van der Waals surface area contributed by atoms with Crippen LogP contribution in [0.15, 0.2) is 0 Å². The average Bonchev–Trinajstić information content (AvgIpc) is 2.93. The highest BCUT2D eigenvalue weighted by molar-refractivity contribution is 5.02. The van der Waals surface area contributed by atoms with Crippen LogP contribution in [0.4, 0.5) is 0 Å². The molecule has 1 aliphatic carbocycles. The van der Waals surface area contributed by atoms with E-state index in [0.29, 0.717) is 11.5 Å². The van der Waals surface area contributed by atoms with Crippen molar-refractivity contribution in [2.24, 2.45) is 11.1 Å². The summed E-state index contributed by atoms with van der Waals surface area (Å²) in [6.07, 6.45) is 9.21. The zero-order valence-corrected chi connectivity index (χ0v) is 13.1. The van der Waals surface area contributed by atoms with E-state index in [1.54, 1.807) is 0 Å². The molecular formula is C16H32N2O. The predicted molar refractivity (Wildman–Crippen MR) is 80.3 cm³/mol. The third-order valence-corrected chi connectivity index (χ3v) is 6.10. The van der Waals surface area contributed by atoms with Crippen LogP contribution in [0.5, 0.6) is 0 Å². The molecule has 0 aromatic heterocycles. The highest BCUT2D eigenvalue weighted by Gasteiger charge is 2.46. The predicted octanol–water partition coefficient (Wildman–Crippen LogP) is 2.79. The Balaban J connectivity index is 2.10. The van der Waals surface area contributed by atoms with Crippen LogP contribution in [-0.4, -0.2) is 43.3 Å². The Labute approximate surface area is 118 Å². The third kappa shape index (κ3) is 2.84. The molecule has 3 nitrogen and oxygen atoms in total. The van der Waals surface area contributed by atoms with Gasteiger partial charge in [-0.15, -0.1) is 0 Å². The van der Waals surface area contributed by atoms with Crippen LogP contribution >= 0.6 is 0 Å². The summed E-state index contributed by atoms with van der Waals surface area (Å²) in [6, 6.07) is 0. The molecule has 1 aliphatic heterocycles. The van der Waals surface area contributed by atoms with Gasteiger partial charge in [-0.1, -0.05) is 13.8 Å². The molecule has 0 aromatic rings. The first-order chi connectivity index (χ1) is 9.13. The van der Waals surface area contributed by atoms with Gasteiger partial charge in [0, 0.05) is 25.7 Å². The normalized spacial score (nSPS) is 35.7. The maximum atomic E-state index is 6.21. The van der Waals surface area contributed by atoms with Gasteiger partial charge in [-0.2, -0.15) is 0 Å². The first-order valence-electron chi connectivity index (χ1n) is 8.11. The molecule has 2 rings (SSSR count). The van der Waals surface area contributed by atoms with Crippen molar-refractivity contribution in [2.75, 3.05) is 26.7 Å². The quantitative estimate of drug-likeness (QED) is 0.833. The molecular weight excluding hydrogens is 236 g/mol. The molecule has 19 heavy (non-hydrogen) atoms. The highest BCUT2D eigenvalue weighted by atomic mass is 16.5. The first kappa shape index (κ1) is 15.3. The number of nitrogens with two attached hydrogens (primary N) is 1. The molecule has 1 saturated heterocycles. The summed E-state index contributed by atoms with van der Waals surface area (Å²) in [5.74, 6) is 0. The Morgan fingerprint density at radius 2 is 2.00 bits per heavy atom. The molecule has 2 fully saturated rings. The molecule has 2 unspecified atom stereocenters. The van der Waals surface area contributed by atoms with Crippen LogP contribution in [-0.2, 0) is 4.74 Å². The van der Waals surface area contributed by atoms with E-state index in [2.05, 4.69) is 18.7 Å². The number of ether oxygens (including phenoxy) is 1. The molecule has 2 aliphatic rings. The summed E-state index contributed by atoms with van der Waals surface area (Å²) in [5.41, 5.74) is 6.97. The van der Waals surface area contributed by atoms with Crippen molar-refractivity contribution in [3.8, 4) is 0 Å². The lowest BCUT2D eigenvalue weighted by atomic mass is 9.78. The number of rotatable bonds is 5. The van der Waals surface area contributed by atoms with Gasteiger partial charge in [0.25, 0.3) is 0 Å². The second kappa shape index (κ2) is 6.11. The van der Waals surface area contributed by atoms with Crippen molar-refractivity contribution in [2.45, 2.75) is 70.4 Å². The fourth-order valence-electron chi connectivity index (χ4n) is 4.26. The van der Waals surface area contributed by atoms with Gasteiger partial charge in [0.15, 0.2) is 0 Å². The number of nitrogens with zero attached hydrogens (tertiary/aromatic N) is 1. The van der Waals surface area contributed by atoms with E-state index in [0.717, 1.165) is 13.0 Å². The lowest BCUT2D eigenvalue weighted by Crippen LogP contribution is -2.57. The molecule has 2 N–H and O–H groups in total. The minimum atomic E-state index is 0.213. The van der Waals surface area contributed by atoms with Crippen LogP contribution in [0.3, 0.4) is 0 Å². The van der Waals surface area contributed by atoms with Crippen molar-refractivity contribution < 1.29 is 4.74 Å². The fourth-order valence-corrected chi connectivity index (χ4v) is 4.26. The number of likely N-dealkylation sites (tertiary alicyclic amines) is 1. The molecule has 0 amide bonds. The molecule has 0 spiro atoms. The minimum absolute atomic E-state index is 0.213. The zero-order valence-electron chi connectivity index (χ0n) is 13.1. The highest BCUT2D eigenvalue weighted by Crippen LogP contribution is 2.44. The first-order valence-corrected chi connectivity index (χ1v) is 8.11. The Kier molecular flexibility index (Phi) is 4.91. The van der Waals surface area contributed by atoms with Gasteiger partial charge < -0.3 is 10.5 Å². The average molecular weight is 268 g/mol. The van der Waals surface area contributed by atoms with Crippen molar-refractivity contribution >= 4 is 0 Å². The standard InChI is InChI=1S/C16H32N2O/c1-4-15(5-2)9-10-18(13-15)16(12-17)8-6-7-14(11-16)19-3/h14H,4-13,17H2,1-3H3. The van der Waals surface area contributed by atoms with E-state index >= 15 is 0 Å². The van der Waals surface area contributed by atoms with E-state index in [-0.39, 0.29) is 5.54 Å². The summed E-state index contributed by atoms with van der Waals surface area (Å²) in [4.78, 5) is 2.71. The van der Waals surface area contributed by atoms with Gasteiger partial charge in [-0.25, -0.2) is 0 Å². The second-order valence-corrected chi connectivity index (χ2v) is 6.76. The van der Waals surface area contributed by atoms with Gasteiger partial charge >= 0.3 is 0 Å². The van der Waals surface area contributed by atoms with Gasteiger partial charge in [0.1, 0.15) is 0 Å². The monoisotopic (exact) mass is 268 g/mol. The summed E-state index contributed by atoms with van der Waals surface area (Å²) >= 11 is 0. The van der Waals surface area contributed by atoms with E-state index < -0.39 is 0 Å². The van der Waals surface area contributed by atoms with Crippen molar-refractivity contribution in [3.05, 3.63) is 0 Å². The molecule has 3 heteroatoms. The molecule has 0 bridgehead atoms. The summed E-state index contributed by atoms with van der Waals surface area (Å²) in [6.45, 7) is 7.96. The maximum Gasteiger partial charge on any atom is 0.0589 e. The number of hydrogen-bond donors (Lipinski definition) is 1. The molecule has 2 atom stereocenters. The van der Waals surface area contributed by atoms with Gasteiger partial charge in [-0.05, 0) is 56.9 Å². The Hall–Kier alpha value is -0.120. The van der Waals surface area contributed by atoms with E-state index in [1.165, 1.54) is 51.6 Å². The van der Waals surface area contributed by atoms with Crippen LogP contribution in [0.2, 0.25) is 0 Å². The van der Waals surface area contributed by atoms with Gasteiger partial charge in [0.05, 0.1) is 6.10 Å². The fraction of sp³-hybridized carbons (Fsp3) is 1.00. The maximum absolute atomic E-state index is 6.21. The summed E-state index contributed by atoms with van der Waals surface area (Å²) in [7, 11) is 1.85. The van der Waals surface area contributed by atoms with Crippen LogP contribution in [0.1, 0.15) is 58.8 Å². The van der Waals surface area contributed by atoms with Crippen LogP contribution in [0, 0.1) is 5.41 Å². The number of hydrogen-bond acceptors (Lipinski definition) is 3. The van der Waals surface area contributed by atoms with E-state index in [1.807, 2.05) is 7.11 Å². The third-order valence-electron chi connectivity index (χ3n) is 6.10. The van der Waals surface area contributed by atoms with Crippen molar-refractivity contribution in [1.82, 2.24) is 4.90 Å². The SMILES string of the molecule is CCC1(CC)CCN(C2(CN)CCCC(OC)C2)C1. The summed E-state index contributed by atoms with van der Waals surface area (Å²) < 4.78 is 5.63. The molecule has 0 aromatic carbocycles. The topological polar surface area (TPSA) is 38.5 Å². The van der Waals surface area contributed by atoms with Gasteiger partial charge in [0.2, 0.25) is 0 Å². The van der Waals surface area contributed by atoms with Crippen molar-refractivity contribution in [1.29, 1.82) is 0 Å². The van der Waals surface area contributed by atoms with E-state index in [4.69, 9.17) is 10.5 Å². The lowest BCUT2D eigenvalue weighted by molar-refractivity contribution is -0.0174. The molecule has 112 valence electrons. The minimum Gasteiger partial charge on any atom is -0.381 e. The summed E-state index contributed by atoms with van der Waals surface area (Å²) in [5, 5.41) is 0. The zero-order chi connectivity index (χ0) is 13.9. The molecule has 1 heterocycles. The Morgan fingerprint density at radius 1 is 1.26 bits per heavy atom. The van der Waals surface area contributed by atoms with Crippen LogP contribution in [0.25, 0.3) is 0 Å². The van der Waals surface area contributed by atoms with Gasteiger partial charge in [-0.3, -0.25) is 4.90 Å². The largest absolute Gasteiger partial charge is 0.381 e. The lowest BCUT2D eigenvalue weighted by Gasteiger charge is -2.47. The Morgan fingerprint density at radius 3 is 2.53 bits per heavy atom. The van der Waals surface area contributed by atoms with E-state index in [9.17, 15) is 0 Å².